The number of hydrogen-bond acceptors (Lipinski definition) is 5. The van der Waals surface area contributed by atoms with Crippen LogP contribution in [0.1, 0.15) is 34.3 Å². The maximum Gasteiger partial charge on any atom is 0.254 e. The molecule has 1 atom stereocenters. The first-order valence-electron chi connectivity index (χ1n) is 8.09. The van der Waals surface area contributed by atoms with Crippen molar-refractivity contribution in [3.8, 4) is 5.75 Å². The maximum absolute atomic E-state index is 12.7. The SMILES string of the molecule is Cc1noc(C)c1COc1cccc(C(=O)N2CCOC[C@@H]2C)c1. The van der Waals surface area contributed by atoms with Crippen molar-refractivity contribution in [2.75, 3.05) is 19.8 Å². The Hall–Kier alpha value is -2.34. The van der Waals surface area contributed by atoms with Gasteiger partial charge >= 0.3 is 0 Å². The van der Waals surface area contributed by atoms with Crippen molar-refractivity contribution < 1.29 is 18.8 Å². The van der Waals surface area contributed by atoms with Crippen molar-refractivity contribution in [3.05, 3.63) is 46.8 Å². The molecule has 128 valence electrons. The van der Waals surface area contributed by atoms with Gasteiger partial charge in [0.1, 0.15) is 18.1 Å². The van der Waals surface area contributed by atoms with E-state index in [1.807, 2.05) is 43.9 Å². The Morgan fingerprint density at radius 3 is 2.96 bits per heavy atom. The molecular formula is C18H22N2O4. The van der Waals surface area contributed by atoms with E-state index in [2.05, 4.69) is 5.16 Å². The van der Waals surface area contributed by atoms with Gasteiger partial charge in [0.05, 0.1) is 30.5 Å². The van der Waals surface area contributed by atoms with Crippen LogP contribution in [0.5, 0.6) is 5.75 Å². The molecule has 0 aliphatic carbocycles. The van der Waals surface area contributed by atoms with E-state index in [1.54, 1.807) is 6.07 Å². The van der Waals surface area contributed by atoms with E-state index in [-0.39, 0.29) is 11.9 Å². The van der Waals surface area contributed by atoms with E-state index in [1.165, 1.54) is 0 Å². The van der Waals surface area contributed by atoms with Crippen LogP contribution in [-0.4, -0.2) is 41.8 Å². The van der Waals surface area contributed by atoms with Crippen molar-refractivity contribution in [1.82, 2.24) is 10.1 Å². The Labute approximate surface area is 141 Å². The third-order valence-electron chi connectivity index (χ3n) is 4.27. The van der Waals surface area contributed by atoms with Crippen LogP contribution < -0.4 is 4.74 Å². The molecule has 6 heteroatoms. The Kier molecular flexibility index (Phi) is 4.85. The number of carbonyl (C=O) groups is 1. The van der Waals surface area contributed by atoms with Gasteiger partial charge in [-0.25, -0.2) is 0 Å². The molecular weight excluding hydrogens is 308 g/mol. The minimum Gasteiger partial charge on any atom is -0.489 e. The number of nitrogens with zero attached hydrogens (tertiary/aromatic N) is 2. The highest BCUT2D eigenvalue weighted by atomic mass is 16.5. The second-order valence-electron chi connectivity index (χ2n) is 6.04. The van der Waals surface area contributed by atoms with Gasteiger partial charge in [0.25, 0.3) is 5.91 Å². The quantitative estimate of drug-likeness (QED) is 0.862. The van der Waals surface area contributed by atoms with Crippen molar-refractivity contribution in [2.24, 2.45) is 0 Å². The summed E-state index contributed by atoms with van der Waals surface area (Å²) in [5.41, 5.74) is 2.38. The molecule has 3 rings (SSSR count). The standard InChI is InChI=1S/C18H22N2O4/c1-12-10-22-8-7-20(12)18(21)15-5-4-6-16(9-15)23-11-17-13(2)19-24-14(17)3/h4-6,9,12H,7-8,10-11H2,1-3H3/t12-/m0/s1. The van der Waals surface area contributed by atoms with Crippen LogP contribution in [0.2, 0.25) is 0 Å². The highest BCUT2D eigenvalue weighted by Crippen LogP contribution is 2.20. The summed E-state index contributed by atoms with van der Waals surface area (Å²) in [6.07, 6.45) is 0. The number of aromatic nitrogens is 1. The summed E-state index contributed by atoms with van der Waals surface area (Å²) in [5.74, 6) is 1.41. The molecule has 0 unspecified atom stereocenters. The molecule has 0 spiro atoms. The number of benzene rings is 1. The number of ether oxygens (including phenoxy) is 2. The fourth-order valence-electron chi connectivity index (χ4n) is 2.78. The summed E-state index contributed by atoms with van der Waals surface area (Å²) in [6, 6.07) is 7.35. The van der Waals surface area contributed by atoms with Gasteiger partial charge in [0.15, 0.2) is 0 Å². The predicted molar refractivity (Wildman–Crippen MR) is 88.1 cm³/mol. The van der Waals surface area contributed by atoms with E-state index in [0.29, 0.717) is 37.7 Å². The van der Waals surface area contributed by atoms with E-state index in [9.17, 15) is 4.79 Å². The van der Waals surface area contributed by atoms with Crippen LogP contribution in [-0.2, 0) is 11.3 Å². The molecule has 2 aromatic rings. The van der Waals surface area contributed by atoms with Gasteiger partial charge in [0.2, 0.25) is 0 Å². The van der Waals surface area contributed by atoms with E-state index >= 15 is 0 Å². The Morgan fingerprint density at radius 2 is 2.25 bits per heavy atom. The molecule has 1 aliphatic heterocycles. The monoisotopic (exact) mass is 330 g/mol. The lowest BCUT2D eigenvalue weighted by Crippen LogP contribution is -2.47. The minimum absolute atomic E-state index is 0.00795. The molecule has 1 aromatic heterocycles. The van der Waals surface area contributed by atoms with Crippen LogP contribution in [0.4, 0.5) is 0 Å². The van der Waals surface area contributed by atoms with Gasteiger partial charge in [0, 0.05) is 12.1 Å². The first kappa shape index (κ1) is 16.5. The van der Waals surface area contributed by atoms with Crippen molar-refractivity contribution >= 4 is 5.91 Å². The summed E-state index contributed by atoms with van der Waals surface area (Å²) in [6.45, 7) is 7.88. The van der Waals surface area contributed by atoms with Gasteiger partial charge in [-0.05, 0) is 39.0 Å². The molecule has 0 N–H and O–H groups in total. The zero-order valence-corrected chi connectivity index (χ0v) is 14.2. The van der Waals surface area contributed by atoms with Crippen LogP contribution in [0, 0.1) is 13.8 Å². The summed E-state index contributed by atoms with van der Waals surface area (Å²) < 4.78 is 16.3. The Bertz CT molecular complexity index is 706. The number of carbonyl (C=O) groups excluding carboxylic acids is 1. The third kappa shape index (κ3) is 3.43. The highest BCUT2D eigenvalue weighted by Gasteiger charge is 2.25. The fraction of sp³-hybridized carbons (Fsp3) is 0.444. The van der Waals surface area contributed by atoms with E-state index in [4.69, 9.17) is 14.0 Å². The third-order valence-corrected chi connectivity index (χ3v) is 4.27. The van der Waals surface area contributed by atoms with Crippen molar-refractivity contribution in [2.45, 2.75) is 33.4 Å². The lowest BCUT2D eigenvalue weighted by molar-refractivity contribution is 0.00357. The van der Waals surface area contributed by atoms with Crippen LogP contribution >= 0.6 is 0 Å². The van der Waals surface area contributed by atoms with Gasteiger partial charge in [-0.2, -0.15) is 0 Å². The van der Waals surface area contributed by atoms with Gasteiger partial charge < -0.3 is 18.9 Å². The first-order valence-corrected chi connectivity index (χ1v) is 8.09. The molecule has 0 saturated carbocycles. The number of aryl methyl sites for hydroxylation is 2. The molecule has 1 fully saturated rings. The average Bonchev–Trinajstić information content (AvgIpc) is 2.91. The van der Waals surface area contributed by atoms with E-state index < -0.39 is 0 Å². The van der Waals surface area contributed by atoms with E-state index in [0.717, 1.165) is 17.0 Å². The minimum atomic E-state index is 0.00795. The normalized spacial score (nSPS) is 17.8. The molecule has 1 aliphatic rings. The summed E-state index contributed by atoms with van der Waals surface area (Å²) >= 11 is 0. The zero-order valence-electron chi connectivity index (χ0n) is 14.2. The summed E-state index contributed by atoms with van der Waals surface area (Å²) in [7, 11) is 0. The molecule has 1 saturated heterocycles. The predicted octanol–water partition coefficient (Wildman–Crippen LogP) is 2.73. The lowest BCUT2D eigenvalue weighted by atomic mass is 10.1. The largest absolute Gasteiger partial charge is 0.489 e. The first-order chi connectivity index (χ1) is 11.6. The zero-order chi connectivity index (χ0) is 17.1. The molecule has 6 nitrogen and oxygen atoms in total. The number of hydrogen-bond donors (Lipinski definition) is 0. The highest BCUT2D eigenvalue weighted by molar-refractivity contribution is 5.94. The van der Waals surface area contributed by atoms with Crippen LogP contribution in [0.25, 0.3) is 0 Å². The number of rotatable bonds is 4. The summed E-state index contributed by atoms with van der Waals surface area (Å²) in [4.78, 5) is 14.5. The summed E-state index contributed by atoms with van der Waals surface area (Å²) in [5, 5.41) is 3.92. The molecule has 0 bridgehead atoms. The van der Waals surface area contributed by atoms with Gasteiger partial charge in [-0.3, -0.25) is 4.79 Å². The van der Waals surface area contributed by atoms with Crippen molar-refractivity contribution in [3.63, 3.8) is 0 Å². The van der Waals surface area contributed by atoms with Crippen molar-refractivity contribution in [1.29, 1.82) is 0 Å². The van der Waals surface area contributed by atoms with Gasteiger partial charge in [-0.1, -0.05) is 11.2 Å². The number of amides is 1. The molecule has 1 amide bonds. The van der Waals surface area contributed by atoms with Crippen LogP contribution in [0.15, 0.2) is 28.8 Å². The van der Waals surface area contributed by atoms with Gasteiger partial charge in [-0.15, -0.1) is 0 Å². The average molecular weight is 330 g/mol. The maximum atomic E-state index is 12.7. The van der Waals surface area contributed by atoms with Crippen LogP contribution in [0.3, 0.4) is 0 Å². The molecule has 24 heavy (non-hydrogen) atoms. The molecule has 0 radical (unpaired) electrons. The topological polar surface area (TPSA) is 64.8 Å². The Morgan fingerprint density at radius 1 is 1.42 bits per heavy atom. The second kappa shape index (κ2) is 7.05. The molecule has 1 aromatic carbocycles. The Balaban J connectivity index is 1.71. The molecule has 2 heterocycles. The lowest BCUT2D eigenvalue weighted by Gasteiger charge is -2.33. The second-order valence-corrected chi connectivity index (χ2v) is 6.04. The number of morpholine rings is 1. The smallest absolute Gasteiger partial charge is 0.254 e. The fourth-order valence-corrected chi connectivity index (χ4v) is 2.78.